The first kappa shape index (κ1) is 14.3. The lowest BCUT2D eigenvalue weighted by Gasteiger charge is -2.18. The van der Waals surface area contributed by atoms with Gasteiger partial charge in [-0.2, -0.15) is 0 Å². The van der Waals surface area contributed by atoms with E-state index in [2.05, 4.69) is 5.32 Å². The first-order chi connectivity index (χ1) is 9.76. The van der Waals surface area contributed by atoms with E-state index in [1.807, 2.05) is 61.5 Å². The van der Waals surface area contributed by atoms with Crippen LogP contribution >= 0.6 is 0 Å². The van der Waals surface area contributed by atoms with Crippen LogP contribution < -0.4 is 11.1 Å². The lowest BCUT2D eigenvalue weighted by Crippen LogP contribution is -2.33. The Hall–Kier alpha value is -2.13. The number of nitrogens with two attached hydrogens (primary N) is 1. The normalized spacial score (nSPS) is 11.9. The second-order valence-corrected chi connectivity index (χ2v) is 4.68. The summed E-state index contributed by atoms with van der Waals surface area (Å²) < 4.78 is 0. The summed E-state index contributed by atoms with van der Waals surface area (Å²) in [4.78, 5) is 12.4. The summed E-state index contributed by atoms with van der Waals surface area (Å²) in [7, 11) is 0. The van der Waals surface area contributed by atoms with E-state index in [4.69, 9.17) is 5.73 Å². The van der Waals surface area contributed by atoms with Crippen molar-refractivity contribution in [3.05, 3.63) is 71.3 Å². The van der Waals surface area contributed by atoms with Gasteiger partial charge in [0.25, 0.3) is 5.91 Å². The van der Waals surface area contributed by atoms with Crippen molar-refractivity contribution in [3.63, 3.8) is 0 Å². The summed E-state index contributed by atoms with van der Waals surface area (Å²) in [6.45, 7) is 2.42. The van der Waals surface area contributed by atoms with Gasteiger partial charge in [0.15, 0.2) is 0 Å². The van der Waals surface area contributed by atoms with Gasteiger partial charge in [-0.25, -0.2) is 0 Å². The highest BCUT2D eigenvalue weighted by molar-refractivity contribution is 5.95. The lowest BCUT2D eigenvalue weighted by atomic mass is 10.0. The van der Waals surface area contributed by atoms with E-state index < -0.39 is 0 Å². The number of benzene rings is 2. The van der Waals surface area contributed by atoms with E-state index in [0.717, 1.165) is 23.1 Å². The highest BCUT2D eigenvalue weighted by Gasteiger charge is 2.15. The molecule has 1 unspecified atom stereocenters. The monoisotopic (exact) mass is 268 g/mol. The van der Waals surface area contributed by atoms with Crippen molar-refractivity contribution in [1.82, 2.24) is 5.32 Å². The topological polar surface area (TPSA) is 55.1 Å². The second kappa shape index (κ2) is 6.87. The van der Waals surface area contributed by atoms with Crippen LogP contribution in [0.1, 0.15) is 34.5 Å². The van der Waals surface area contributed by atoms with Gasteiger partial charge in [0.2, 0.25) is 0 Å². The Morgan fingerprint density at radius 1 is 1.10 bits per heavy atom. The highest BCUT2D eigenvalue weighted by Crippen LogP contribution is 2.14. The minimum Gasteiger partial charge on any atom is -0.344 e. The van der Waals surface area contributed by atoms with Gasteiger partial charge in [0.1, 0.15) is 0 Å². The molecule has 0 saturated heterocycles. The molecule has 0 fully saturated rings. The number of nitrogens with one attached hydrogen (secondary N) is 1. The molecule has 0 heterocycles. The fourth-order valence-electron chi connectivity index (χ4n) is 2.25. The molecular weight excluding hydrogens is 248 g/mol. The molecule has 0 bridgehead atoms. The van der Waals surface area contributed by atoms with Gasteiger partial charge in [0, 0.05) is 12.1 Å². The van der Waals surface area contributed by atoms with Crippen molar-refractivity contribution >= 4 is 5.91 Å². The molecule has 0 aliphatic rings. The van der Waals surface area contributed by atoms with Crippen molar-refractivity contribution in [3.8, 4) is 0 Å². The molecule has 0 aliphatic heterocycles. The van der Waals surface area contributed by atoms with Crippen LogP contribution in [0.4, 0.5) is 0 Å². The van der Waals surface area contributed by atoms with E-state index in [9.17, 15) is 4.79 Å². The Balaban J connectivity index is 2.18. The predicted octanol–water partition coefficient (Wildman–Crippen LogP) is 2.68. The average Bonchev–Trinajstić information content (AvgIpc) is 2.53. The van der Waals surface area contributed by atoms with Gasteiger partial charge in [-0.15, -0.1) is 0 Å². The molecule has 2 aromatic rings. The first-order valence-corrected chi connectivity index (χ1v) is 6.90. The summed E-state index contributed by atoms with van der Waals surface area (Å²) in [5.74, 6) is -0.0678. The summed E-state index contributed by atoms with van der Waals surface area (Å²) >= 11 is 0. The molecule has 1 atom stereocenters. The van der Waals surface area contributed by atoms with E-state index in [1.165, 1.54) is 0 Å². The molecule has 0 aromatic heterocycles. The standard InChI is InChI=1S/C17H20N2O/c1-2-13-8-6-7-11-15(13)17(20)19-16(12-18)14-9-4-3-5-10-14/h3-11,16H,2,12,18H2,1H3,(H,19,20). The number of rotatable bonds is 5. The van der Waals surface area contributed by atoms with Gasteiger partial charge >= 0.3 is 0 Å². The number of hydrogen-bond donors (Lipinski definition) is 2. The largest absolute Gasteiger partial charge is 0.344 e. The Kier molecular flexibility index (Phi) is 4.91. The van der Waals surface area contributed by atoms with E-state index in [-0.39, 0.29) is 11.9 Å². The van der Waals surface area contributed by atoms with E-state index in [0.29, 0.717) is 6.54 Å². The van der Waals surface area contributed by atoms with Crippen molar-refractivity contribution in [2.45, 2.75) is 19.4 Å². The van der Waals surface area contributed by atoms with Crippen LogP contribution in [-0.2, 0) is 6.42 Å². The molecular formula is C17H20N2O. The van der Waals surface area contributed by atoms with Crippen molar-refractivity contribution in [2.24, 2.45) is 5.73 Å². The summed E-state index contributed by atoms with van der Waals surface area (Å²) in [6.07, 6.45) is 0.836. The van der Waals surface area contributed by atoms with Crippen LogP contribution in [0.15, 0.2) is 54.6 Å². The average molecular weight is 268 g/mol. The van der Waals surface area contributed by atoms with Gasteiger partial charge in [-0.3, -0.25) is 4.79 Å². The van der Waals surface area contributed by atoms with Crippen molar-refractivity contribution in [1.29, 1.82) is 0 Å². The first-order valence-electron chi connectivity index (χ1n) is 6.90. The number of hydrogen-bond acceptors (Lipinski definition) is 2. The molecule has 104 valence electrons. The highest BCUT2D eigenvalue weighted by atomic mass is 16.1. The Bertz CT molecular complexity index is 566. The molecule has 3 nitrogen and oxygen atoms in total. The van der Waals surface area contributed by atoms with Gasteiger partial charge < -0.3 is 11.1 Å². The Morgan fingerprint density at radius 2 is 1.75 bits per heavy atom. The molecule has 0 saturated carbocycles. The third kappa shape index (κ3) is 3.25. The summed E-state index contributed by atoms with van der Waals surface area (Å²) in [5.41, 5.74) is 8.59. The number of amides is 1. The van der Waals surface area contributed by atoms with E-state index >= 15 is 0 Å². The maximum Gasteiger partial charge on any atom is 0.252 e. The van der Waals surface area contributed by atoms with Crippen molar-refractivity contribution < 1.29 is 4.79 Å². The SMILES string of the molecule is CCc1ccccc1C(=O)NC(CN)c1ccccc1. The van der Waals surface area contributed by atoms with Crippen LogP contribution in [0.25, 0.3) is 0 Å². The maximum absolute atomic E-state index is 12.4. The fraction of sp³-hybridized carbons (Fsp3) is 0.235. The molecule has 20 heavy (non-hydrogen) atoms. The third-order valence-corrected chi connectivity index (χ3v) is 3.39. The minimum absolute atomic E-state index is 0.0678. The number of carbonyl (C=O) groups is 1. The van der Waals surface area contributed by atoms with Crippen LogP contribution in [0, 0.1) is 0 Å². The quantitative estimate of drug-likeness (QED) is 0.876. The molecule has 2 rings (SSSR count). The lowest BCUT2D eigenvalue weighted by molar-refractivity contribution is 0.0937. The second-order valence-electron chi connectivity index (χ2n) is 4.68. The molecule has 0 radical (unpaired) electrons. The zero-order chi connectivity index (χ0) is 14.4. The zero-order valence-electron chi connectivity index (χ0n) is 11.7. The molecule has 2 aromatic carbocycles. The molecule has 0 aliphatic carbocycles. The molecule has 1 amide bonds. The smallest absolute Gasteiger partial charge is 0.252 e. The third-order valence-electron chi connectivity index (χ3n) is 3.39. The Labute approximate surface area is 119 Å². The van der Waals surface area contributed by atoms with Gasteiger partial charge in [-0.05, 0) is 23.6 Å². The molecule has 0 spiro atoms. The van der Waals surface area contributed by atoms with E-state index in [1.54, 1.807) is 0 Å². The van der Waals surface area contributed by atoms with Crippen LogP contribution in [0.5, 0.6) is 0 Å². The summed E-state index contributed by atoms with van der Waals surface area (Å²) in [5, 5.41) is 3.01. The van der Waals surface area contributed by atoms with Crippen LogP contribution in [0.2, 0.25) is 0 Å². The fourth-order valence-corrected chi connectivity index (χ4v) is 2.25. The Morgan fingerprint density at radius 3 is 2.40 bits per heavy atom. The van der Waals surface area contributed by atoms with Crippen LogP contribution in [-0.4, -0.2) is 12.5 Å². The maximum atomic E-state index is 12.4. The number of aryl methyl sites for hydroxylation is 1. The molecule has 3 heteroatoms. The van der Waals surface area contributed by atoms with Gasteiger partial charge in [0.05, 0.1) is 6.04 Å². The predicted molar refractivity (Wildman–Crippen MR) is 81.5 cm³/mol. The van der Waals surface area contributed by atoms with Crippen LogP contribution in [0.3, 0.4) is 0 Å². The van der Waals surface area contributed by atoms with Crippen molar-refractivity contribution in [2.75, 3.05) is 6.54 Å². The molecule has 3 N–H and O–H groups in total. The number of carbonyl (C=O) groups excluding carboxylic acids is 1. The minimum atomic E-state index is -0.159. The zero-order valence-corrected chi connectivity index (χ0v) is 11.7. The summed E-state index contributed by atoms with van der Waals surface area (Å²) in [6, 6.07) is 17.3. The van der Waals surface area contributed by atoms with Gasteiger partial charge in [-0.1, -0.05) is 55.5 Å².